The molecule has 4 heteroatoms. The summed E-state index contributed by atoms with van der Waals surface area (Å²) in [5.41, 5.74) is 2.09. The van der Waals surface area contributed by atoms with Gasteiger partial charge in [0, 0.05) is 17.2 Å². The molecule has 0 fully saturated rings. The molecular formula is C14H12ClNO2. The van der Waals surface area contributed by atoms with E-state index in [4.69, 9.17) is 11.6 Å². The first kappa shape index (κ1) is 12.6. The van der Waals surface area contributed by atoms with Crippen LogP contribution in [0.15, 0.2) is 48.5 Å². The van der Waals surface area contributed by atoms with Crippen molar-refractivity contribution in [1.82, 2.24) is 0 Å². The number of halogens is 1. The molecule has 0 N–H and O–H groups in total. The number of aryl methyl sites for hydroxylation is 2. The van der Waals surface area contributed by atoms with Crippen LogP contribution in [0.2, 0.25) is 5.02 Å². The second-order valence-electron chi connectivity index (χ2n) is 4.02. The Hall–Kier alpha value is -1.87. The van der Waals surface area contributed by atoms with E-state index in [-0.39, 0.29) is 5.69 Å². The van der Waals surface area contributed by atoms with Crippen molar-refractivity contribution in [2.75, 3.05) is 0 Å². The van der Waals surface area contributed by atoms with Gasteiger partial charge in [0.15, 0.2) is 0 Å². The van der Waals surface area contributed by atoms with E-state index in [9.17, 15) is 10.1 Å². The van der Waals surface area contributed by atoms with Crippen LogP contribution in [0.4, 0.5) is 5.69 Å². The second-order valence-corrected chi connectivity index (χ2v) is 4.43. The topological polar surface area (TPSA) is 43.1 Å². The van der Waals surface area contributed by atoms with E-state index in [2.05, 4.69) is 0 Å². The van der Waals surface area contributed by atoms with Gasteiger partial charge >= 0.3 is 0 Å². The van der Waals surface area contributed by atoms with Gasteiger partial charge in [-0.05, 0) is 30.0 Å². The van der Waals surface area contributed by atoms with E-state index in [1.54, 1.807) is 12.1 Å². The van der Waals surface area contributed by atoms with E-state index in [0.717, 1.165) is 12.0 Å². The van der Waals surface area contributed by atoms with Crippen molar-refractivity contribution in [2.24, 2.45) is 0 Å². The van der Waals surface area contributed by atoms with Gasteiger partial charge in [0.2, 0.25) is 0 Å². The van der Waals surface area contributed by atoms with Crippen molar-refractivity contribution in [3.63, 3.8) is 0 Å². The van der Waals surface area contributed by atoms with Gasteiger partial charge in [-0.2, -0.15) is 0 Å². The average molecular weight is 262 g/mol. The Morgan fingerprint density at radius 3 is 2.44 bits per heavy atom. The fourth-order valence-corrected chi connectivity index (χ4v) is 2.00. The Balaban J connectivity index is 2.14. The van der Waals surface area contributed by atoms with Crippen LogP contribution in [0.25, 0.3) is 0 Å². The fourth-order valence-electron chi connectivity index (χ4n) is 1.79. The van der Waals surface area contributed by atoms with Crippen LogP contribution >= 0.6 is 11.6 Å². The lowest BCUT2D eigenvalue weighted by molar-refractivity contribution is -0.384. The summed E-state index contributed by atoms with van der Waals surface area (Å²) < 4.78 is 0. The zero-order valence-corrected chi connectivity index (χ0v) is 10.4. The minimum Gasteiger partial charge on any atom is -0.258 e. The first-order valence-electron chi connectivity index (χ1n) is 5.63. The lowest BCUT2D eigenvalue weighted by Crippen LogP contribution is -1.95. The third kappa shape index (κ3) is 3.08. The molecule has 2 aromatic rings. The largest absolute Gasteiger partial charge is 0.269 e. The smallest absolute Gasteiger partial charge is 0.258 e. The molecule has 0 amide bonds. The quantitative estimate of drug-likeness (QED) is 0.616. The van der Waals surface area contributed by atoms with E-state index < -0.39 is 4.92 Å². The molecule has 0 atom stereocenters. The first-order valence-corrected chi connectivity index (χ1v) is 6.01. The molecular weight excluding hydrogens is 250 g/mol. The second kappa shape index (κ2) is 5.65. The van der Waals surface area contributed by atoms with Crippen LogP contribution in [0.5, 0.6) is 0 Å². The molecule has 0 heterocycles. The first-order chi connectivity index (χ1) is 8.66. The molecule has 3 nitrogen and oxygen atoms in total. The molecule has 0 spiro atoms. The van der Waals surface area contributed by atoms with Crippen LogP contribution in [0.3, 0.4) is 0 Å². The Bertz CT molecular complexity index is 555. The molecule has 0 bridgehead atoms. The summed E-state index contributed by atoms with van der Waals surface area (Å²) in [6.45, 7) is 0. The number of hydrogen-bond acceptors (Lipinski definition) is 2. The van der Waals surface area contributed by atoms with Gasteiger partial charge in [-0.1, -0.05) is 41.9 Å². The third-order valence-corrected chi connectivity index (χ3v) is 3.13. The zero-order chi connectivity index (χ0) is 13.0. The number of nitro groups is 1. The van der Waals surface area contributed by atoms with Crippen LogP contribution in [-0.4, -0.2) is 4.92 Å². The standard InChI is InChI=1S/C14H12ClNO2/c15-14-9-8-13(16(17)18)10-12(14)7-6-11-4-2-1-3-5-11/h1-5,8-10H,6-7H2. The molecule has 0 aromatic heterocycles. The molecule has 0 unspecified atom stereocenters. The van der Waals surface area contributed by atoms with Gasteiger partial charge < -0.3 is 0 Å². The van der Waals surface area contributed by atoms with Crippen LogP contribution < -0.4 is 0 Å². The predicted molar refractivity (Wildman–Crippen MR) is 72.0 cm³/mol. The number of nitro benzene ring substituents is 1. The lowest BCUT2D eigenvalue weighted by atomic mass is 10.0. The molecule has 0 saturated heterocycles. The summed E-state index contributed by atoms with van der Waals surface area (Å²) in [6.07, 6.45) is 1.52. The van der Waals surface area contributed by atoms with Crippen molar-refractivity contribution in [1.29, 1.82) is 0 Å². The number of nitrogens with zero attached hydrogens (tertiary/aromatic N) is 1. The van der Waals surface area contributed by atoms with Crippen molar-refractivity contribution in [3.8, 4) is 0 Å². The molecule has 0 aliphatic rings. The number of non-ortho nitro benzene ring substituents is 1. The van der Waals surface area contributed by atoms with Crippen molar-refractivity contribution in [2.45, 2.75) is 12.8 Å². The van der Waals surface area contributed by atoms with Gasteiger partial charge in [-0.3, -0.25) is 10.1 Å². The Kier molecular flexibility index (Phi) is 3.95. The Morgan fingerprint density at radius 2 is 1.78 bits per heavy atom. The monoisotopic (exact) mass is 261 g/mol. The number of benzene rings is 2. The van der Waals surface area contributed by atoms with E-state index in [1.165, 1.54) is 11.6 Å². The van der Waals surface area contributed by atoms with E-state index >= 15 is 0 Å². The minimum absolute atomic E-state index is 0.0856. The summed E-state index contributed by atoms with van der Waals surface area (Å²) in [4.78, 5) is 10.3. The number of rotatable bonds is 4. The van der Waals surface area contributed by atoms with Gasteiger partial charge in [0.1, 0.15) is 0 Å². The SMILES string of the molecule is O=[N+]([O-])c1ccc(Cl)c(CCc2ccccc2)c1. The van der Waals surface area contributed by atoms with Crippen molar-refractivity contribution in [3.05, 3.63) is 74.8 Å². The van der Waals surface area contributed by atoms with E-state index in [1.807, 2.05) is 30.3 Å². The molecule has 92 valence electrons. The molecule has 0 aliphatic carbocycles. The normalized spacial score (nSPS) is 10.3. The highest BCUT2D eigenvalue weighted by molar-refractivity contribution is 6.31. The fraction of sp³-hybridized carbons (Fsp3) is 0.143. The maximum Gasteiger partial charge on any atom is 0.269 e. The van der Waals surface area contributed by atoms with Crippen molar-refractivity contribution < 1.29 is 4.92 Å². The van der Waals surface area contributed by atoms with Gasteiger partial charge in [-0.15, -0.1) is 0 Å². The Morgan fingerprint density at radius 1 is 1.06 bits per heavy atom. The van der Waals surface area contributed by atoms with Gasteiger partial charge in [-0.25, -0.2) is 0 Å². The summed E-state index contributed by atoms with van der Waals surface area (Å²) in [7, 11) is 0. The van der Waals surface area contributed by atoms with Crippen LogP contribution in [0.1, 0.15) is 11.1 Å². The summed E-state index contributed by atoms with van der Waals surface area (Å²) in [5, 5.41) is 11.3. The summed E-state index contributed by atoms with van der Waals surface area (Å²) in [5.74, 6) is 0. The molecule has 0 saturated carbocycles. The van der Waals surface area contributed by atoms with Gasteiger partial charge in [0.25, 0.3) is 5.69 Å². The number of hydrogen-bond donors (Lipinski definition) is 0. The summed E-state index contributed by atoms with van der Waals surface area (Å²) >= 11 is 6.04. The maximum atomic E-state index is 10.7. The predicted octanol–water partition coefficient (Wildman–Crippen LogP) is 4.03. The molecule has 0 radical (unpaired) electrons. The van der Waals surface area contributed by atoms with Crippen LogP contribution in [-0.2, 0) is 12.8 Å². The third-order valence-electron chi connectivity index (χ3n) is 2.77. The molecule has 2 rings (SSSR count). The summed E-state index contributed by atoms with van der Waals surface area (Å²) in [6, 6.07) is 14.5. The van der Waals surface area contributed by atoms with Crippen molar-refractivity contribution >= 4 is 17.3 Å². The lowest BCUT2D eigenvalue weighted by Gasteiger charge is -2.04. The highest BCUT2D eigenvalue weighted by atomic mass is 35.5. The maximum absolute atomic E-state index is 10.7. The Labute approximate surface area is 110 Å². The zero-order valence-electron chi connectivity index (χ0n) is 9.67. The molecule has 2 aromatic carbocycles. The minimum atomic E-state index is -0.400. The van der Waals surface area contributed by atoms with Crippen LogP contribution in [0, 0.1) is 10.1 Å². The highest BCUT2D eigenvalue weighted by Crippen LogP contribution is 2.23. The highest BCUT2D eigenvalue weighted by Gasteiger charge is 2.09. The molecule has 18 heavy (non-hydrogen) atoms. The van der Waals surface area contributed by atoms with E-state index in [0.29, 0.717) is 11.4 Å². The molecule has 0 aliphatic heterocycles. The average Bonchev–Trinajstić information content (AvgIpc) is 2.38. The van der Waals surface area contributed by atoms with Gasteiger partial charge in [0.05, 0.1) is 4.92 Å².